The standard InChI is InChI=1S/C13H18ClNO2/c1-5-7-10(9-16)11(8-6-2)15-12(17)13(3,4)14/h6-9H,2,5H2,1,3-4H3,(H,15,17)/b10-7-,11-8+. The predicted molar refractivity (Wildman–Crippen MR) is 70.8 cm³/mol. The predicted octanol–water partition coefficient (Wildman–Crippen LogP) is 2.73. The van der Waals surface area contributed by atoms with E-state index in [9.17, 15) is 9.59 Å². The van der Waals surface area contributed by atoms with Crippen molar-refractivity contribution in [3.63, 3.8) is 0 Å². The summed E-state index contributed by atoms with van der Waals surface area (Å²) in [4.78, 5) is 21.6. The molecule has 0 aliphatic rings. The second kappa shape index (κ2) is 7.07. The normalized spacial score (nSPS) is 13.2. The summed E-state index contributed by atoms with van der Waals surface area (Å²) >= 11 is 5.88. The average Bonchev–Trinajstić information content (AvgIpc) is 2.24. The molecule has 0 aromatic rings. The molecule has 0 bridgehead atoms. The number of amides is 1. The molecule has 0 radical (unpaired) electrons. The molecule has 0 aliphatic carbocycles. The average molecular weight is 256 g/mol. The van der Waals surface area contributed by atoms with Gasteiger partial charge in [0.2, 0.25) is 5.91 Å². The van der Waals surface area contributed by atoms with Gasteiger partial charge in [0.15, 0.2) is 6.29 Å². The monoisotopic (exact) mass is 255 g/mol. The van der Waals surface area contributed by atoms with Crippen molar-refractivity contribution in [2.24, 2.45) is 0 Å². The molecule has 4 heteroatoms. The number of halogens is 1. The van der Waals surface area contributed by atoms with Crippen LogP contribution in [0.4, 0.5) is 0 Å². The van der Waals surface area contributed by atoms with Gasteiger partial charge in [-0.15, -0.1) is 11.6 Å². The largest absolute Gasteiger partial charge is 0.324 e. The lowest BCUT2D eigenvalue weighted by Gasteiger charge is -2.17. The Morgan fingerprint density at radius 3 is 2.41 bits per heavy atom. The second-order valence-corrected chi connectivity index (χ2v) is 4.87. The van der Waals surface area contributed by atoms with Crippen molar-refractivity contribution in [1.29, 1.82) is 0 Å². The molecule has 0 atom stereocenters. The molecule has 0 rings (SSSR count). The maximum Gasteiger partial charge on any atom is 0.244 e. The van der Waals surface area contributed by atoms with E-state index in [0.29, 0.717) is 24.0 Å². The lowest BCUT2D eigenvalue weighted by atomic mass is 10.1. The molecular weight excluding hydrogens is 238 g/mol. The van der Waals surface area contributed by atoms with Gasteiger partial charge >= 0.3 is 0 Å². The van der Waals surface area contributed by atoms with Crippen LogP contribution in [0.1, 0.15) is 27.2 Å². The molecule has 0 fully saturated rings. The first kappa shape index (κ1) is 15.7. The minimum Gasteiger partial charge on any atom is -0.324 e. The van der Waals surface area contributed by atoms with Gasteiger partial charge < -0.3 is 5.32 Å². The lowest BCUT2D eigenvalue weighted by Crippen LogP contribution is -2.37. The van der Waals surface area contributed by atoms with E-state index in [1.807, 2.05) is 6.92 Å². The van der Waals surface area contributed by atoms with Gasteiger partial charge in [-0.1, -0.05) is 25.7 Å². The summed E-state index contributed by atoms with van der Waals surface area (Å²) in [5.74, 6) is -0.365. The Morgan fingerprint density at radius 1 is 1.47 bits per heavy atom. The van der Waals surface area contributed by atoms with Gasteiger partial charge in [-0.25, -0.2) is 0 Å². The SMILES string of the molecule is C=C/C=C(NC(=O)C(C)(C)Cl)\C(C=O)=C/CC. The molecule has 0 heterocycles. The minimum atomic E-state index is -1.03. The highest BCUT2D eigenvalue weighted by molar-refractivity contribution is 6.34. The summed E-state index contributed by atoms with van der Waals surface area (Å²) < 4.78 is 0. The number of nitrogens with one attached hydrogen (secondary N) is 1. The van der Waals surface area contributed by atoms with Gasteiger partial charge in [-0.05, 0) is 26.3 Å². The fourth-order valence-corrected chi connectivity index (χ4v) is 1.09. The molecule has 0 aliphatic heterocycles. The number of hydrogen-bond acceptors (Lipinski definition) is 2. The van der Waals surface area contributed by atoms with E-state index in [1.54, 1.807) is 26.0 Å². The molecule has 1 amide bonds. The number of carbonyl (C=O) groups is 2. The molecule has 0 saturated heterocycles. The molecule has 17 heavy (non-hydrogen) atoms. The molecule has 94 valence electrons. The number of aldehydes is 1. The Labute approximate surface area is 107 Å². The lowest BCUT2D eigenvalue weighted by molar-refractivity contribution is -0.122. The van der Waals surface area contributed by atoms with Gasteiger partial charge in [-0.3, -0.25) is 9.59 Å². The highest BCUT2D eigenvalue weighted by Crippen LogP contribution is 2.15. The van der Waals surface area contributed by atoms with Crippen molar-refractivity contribution in [1.82, 2.24) is 5.32 Å². The van der Waals surface area contributed by atoms with Crippen molar-refractivity contribution >= 4 is 23.8 Å². The number of allylic oxidation sites excluding steroid dienone is 4. The molecule has 0 aromatic carbocycles. The summed E-state index contributed by atoms with van der Waals surface area (Å²) in [7, 11) is 0. The van der Waals surface area contributed by atoms with Crippen molar-refractivity contribution in [2.75, 3.05) is 0 Å². The van der Waals surface area contributed by atoms with Crippen molar-refractivity contribution in [3.05, 3.63) is 36.1 Å². The summed E-state index contributed by atoms with van der Waals surface area (Å²) in [5, 5.41) is 2.61. The second-order valence-electron chi connectivity index (χ2n) is 3.93. The quantitative estimate of drug-likeness (QED) is 0.343. The number of rotatable bonds is 6. The van der Waals surface area contributed by atoms with E-state index in [2.05, 4.69) is 11.9 Å². The van der Waals surface area contributed by atoms with Crippen LogP contribution in [0.2, 0.25) is 0 Å². The number of hydrogen-bond donors (Lipinski definition) is 1. The third-order valence-electron chi connectivity index (χ3n) is 1.93. The molecule has 0 aromatic heterocycles. The summed E-state index contributed by atoms with van der Waals surface area (Å²) in [6.45, 7) is 8.61. The molecule has 0 unspecified atom stereocenters. The maximum absolute atomic E-state index is 11.7. The van der Waals surface area contributed by atoms with E-state index in [-0.39, 0.29) is 5.91 Å². The van der Waals surface area contributed by atoms with Crippen LogP contribution in [0, 0.1) is 0 Å². The first-order chi connectivity index (χ1) is 7.86. The van der Waals surface area contributed by atoms with Crippen LogP contribution in [-0.2, 0) is 9.59 Å². The van der Waals surface area contributed by atoms with Gasteiger partial charge in [0.25, 0.3) is 0 Å². The van der Waals surface area contributed by atoms with E-state index < -0.39 is 4.87 Å². The van der Waals surface area contributed by atoms with Crippen molar-refractivity contribution < 1.29 is 9.59 Å². The molecule has 0 saturated carbocycles. The molecule has 0 spiro atoms. The summed E-state index contributed by atoms with van der Waals surface area (Å²) in [5.41, 5.74) is 0.831. The Kier molecular flexibility index (Phi) is 6.51. The first-order valence-electron chi connectivity index (χ1n) is 5.35. The highest BCUT2D eigenvalue weighted by atomic mass is 35.5. The van der Waals surface area contributed by atoms with E-state index in [1.165, 1.54) is 6.08 Å². The molecule has 1 N–H and O–H groups in total. The van der Waals surface area contributed by atoms with Crippen LogP contribution < -0.4 is 5.32 Å². The summed E-state index contributed by atoms with van der Waals surface area (Å²) in [6, 6.07) is 0. The fourth-order valence-electron chi connectivity index (χ4n) is 1.04. The number of alkyl halides is 1. The molecule has 3 nitrogen and oxygen atoms in total. The van der Waals surface area contributed by atoms with Gasteiger partial charge in [0, 0.05) is 5.57 Å². The van der Waals surface area contributed by atoms with Gasteiger partial charge in [0.1, 0.15) is 4.87 Å². The van der Waals surface area contributed by atoms with Crippen molar-refractivity contribution in [2.45, 2.75) is 32.1 Å². The fraction of sp³-hybridized carbons (Fsp3) is 0.385. The zero-order valence-corrected chi connectivity index (χ0v) is 11.2. The Hall–Kier alpha value is -1.35. The highest BCUT2D eigenvalue weighted by Gasteiger charge is 2.25. The van der Waals surface area contributed by atoms with Crippen molar-refractivity contribution in [3.8, 4) is 0 Å². The zero-order valence-electron chi connectivity index (χ0n) is 10.4. The van der Waals surface area contributed by atoms with Crippen LogP contribution in [0.25, 0.3) is 0 Å². The van der Waals surface area contributed by atoms with Gasteiger partial charge in [0.05, 0.1) is 5.70 Å². The van der Waals surface area contributed by atoms with Gasteiger partial charge in [-0.2, -0.15) is 0 Å². The van der Waals surface area contributed by atoms with Crippen LogP contribution in [0.3, 0.4) is 0 Å². The first-order valence-corrected chi connectivity index (χ1v) is 5.73. The van der Waals surface area contributed by atoms with E-state index in [0.717, 1.165) is 0 Å². The number of carbonyl (C=O) groups excluding carboxylic acids is 2. The molecular formula is C13H18ClNO2. The minimum absolute atomic E-state index is 0.365. The topological polar surface area (TPSA) is 46.2 Å². The third-order valence-corrected chi connectivity index (χ3v) is 2.11. The van der Waals surface area contributed by atoms with Crippen LogP contribution in [-0.4, -0.2) is 17.1 Å². The Bertz CT molecular complexity index is 362. The third kappa shape index (κ3) is 5.50. The van der Waals surface area contributed by atoms with E-state index >= 15 is 0 Å². The Morgan fingerprint density at radius 2 is 2.06 bits per heavy atom. The summed E-state index contributed by atoms with van der Waals surface area (Å²) in [6.07, 6.45) is 6.19. The van der Waals surface area contributed by atoms with Crippen LogP contribution >= 0.6 is 11.6 Å². The van der Waals surface area contributed by atoms with E-state index in [4.69, 9.17) is 11.6 Å². The van der Waals surface area contributed by atoms with Crippen LogP contribution in [0.5, 0.6) is 0 Å². The van der Waals surface area contributed by atoms with Crippen LogP contribution in [0.15, 0.2) is 36.1 Å². The smallest absolute Gasteiger partial charge is 0.244 e. The zero-order chi connectivity index (χ0) is 13.5. The maximum atomic E-state index is 11.7. The Balaban J connectivity index is 5.09.